The minimum atomic E-state index is -3.58. The smallest absolute Gasteiger partial charge is 0.199 e. The van der Waals surface area contributed by atoms with Crippen LogP contribution in [0.5, 0.6) is 0 Å². The highest BCUT2D eigenvalue weighted by Gasteiger charge is 2.17. The zero-order valence-electron chi connectivity index (χ0n) is 12.6. The molecule has 0 N–H and O–H groups in total. The highest BCUT2D eigenvalue weighted by molar-refractivity contribution is 7.90. The lowest BCUT2D eigenvalue weighted by Crippen LogP contribution is -2.11. The SMILES string of the molecule is CC(=NS(=O)(=O)c1ccc(C(C)(C)C)cc1)C(C)C. The van der Waals surface area contributed by atoms with Gasteiger partial charge in [0.1, 0.15) is 0 Å². The Labute approximate surface area is 116 Å². The molecule has 0 aliphatic carbocycles. The van der Waals surface area contributed by atoms with Crippen LogP contribution in [0.25, 0.3) is 0 Å². The van der Waals surface area contributed by atoms with Crippen molar-refractivity contribution in [2.45, 2.75) is 51.9 Å². The van der Waals surface area contributed by atoms with Crippen LogP contribution in [0.1, 0.15) is 47.1 Å². The molecular weight excluding hydrogens is 258 g/mol. The van der Waals surface area contributed by atoms with E-state index < -0.39 is 10.0 Å². The molecule has 0 bridgehead atoms. The van der Waals surface area contributed by atoms with Crippen molar-refractivity contribution in [2.75, 3.05) is 0 Å². The topological polar surface area (TPSA) is 46.5 Å². The van der Waals surface area contributed by atoms with Crippen LogP contribution in [0, 0.1) is 5.92 Å². The number of nitrogens with zero attached hydrogens (tertiary/aromatic N) is 1. The summed E-state index contributed by atoms with van der Waals surface area (Å²) in [4.78, 5) is 0.250. The van der Waals surface area contributed by atoms with Crippen LogP contribution in [-0.2, 0) is 15.4 Å². The van der Waals surface area contributed by atoms with E-state index in [0.29, 0.717) is 5.71 Å². The van der Waals surface area contributed by atoms with Crippen molar-refractivity contribution in [3.8, 4) is 0 Å². The number of hydrogen-bond donors (Lipinski definition) is 0. The molecule has 0 saturated heterocycles. The van der Waals surface area contributed by atoms with E-state index in [1.165, 1.54) is 0 Å². The zero-order chi connectivity index (χ0) is 14.8. The first kappa shape index (κ1) is 15.9. The minimum Gasteiger partial charge on any atom is -0.199 e. The zero-order valence-corrected chi connectivity index (χ0v) is 13.4. The molecule has 1 aromatic carbocycles. The molecule has 0 fully saturated rings. The van der Waals surface area contributed by atoms with E-state index >= 15 is 0 Å². The maximum Gasteiger partial charge on any atom is 0.282 e. The van der Waals surface area contributed by atoms with Gasteiger partial charge in [-0.1, -0.05) is 46.8 Å². The molecule has 4 heteroatoms. The first-order chi connectivity index (χ1) is 8.54. The lowest BCUT2D eigenvalue weighted by Gasteiger charge is -2.18. The Morgan fingerprint density at radius 2 is 1.58 bits per heavy atom. The lowest BCUT2D eigenvalue weighted by atomic mass is 9.87. The first-order valence-corrected chi connectivity index (χ1v) is 7.90. The van der Waals surface area contributed by atoms with E-state index in [9.17, 15) is 8.42 Å². The molecule has 1 aromatic rings. The standard InChI is InChI=1S/C15H23NO2S/c1-11(2)12(3)16-19(17,18)14-9-7-13(8-10-14)15(4,5)6/h7-11H,1-6H3. The molecular formula is C15H23NO2S. The van der Waals surface area contributed by atoms with Crippen LogP contribution in [0.2, 0.25) is 0 Å². The fraction of sp³-hybridized carbons (Fsp3) is 0.533. The van der Waals surface area contributed by atoms with Crippen LogP contribution in [0.15, 0.2) is 33.6 Å². The van der Waals surface area contributed by atoms with Gasteiger partial charge < -0.3 is 0 Å². The van der Waals surface area contributed by atoms with Gasteiger partial charge in [0.05, 0.1) is 4.90 Å². The number of sulfonamides is 1. The van der Waals surface area contributed by atoms with Crippen LogP contribution < -0.4 is 0 Å². The molecule has 0 radical (unpaired) electrons. The second-order valence-corrected chi connectivity index (χ2v) is 7.74. The molecule has 106 valence electrons. The Morgan fingerprint density at radius 3 is 1.95 bits per heavy atom. The monoisotopic (exact) mass is 281 g/mol. The second kappa shape index (κ2) is 5.45. The lowest BCUT2D eigenvalue weighted by molar-refractivity contribution is 0.586. The largest absolute Gasteiger partial charge is 0.282 e. The fourth-order valence-electron chi connectivity index (χ4n) is 1.47. The Morgan fingerprint density at radius 1 is 1.11 bits per heavy atom. The third-order valence-corrected chi connectivity index (χ3v) is 4.51. The summed E-state index contributed by atoms with van der Waals surface area (Å²) in [5.41, 5.74) is 1.75. The van der Waals surface area contributed by atoms with Gasteiger partial charge in [0, 0.05) is 5.71 Å². The molecule has 0 saturated carbocycles. The average Bonchev–Trinajstić information content (AvgIpc) is 2.27. The van der Waals surface area contributed by atoms with E-state index in [2.05, 4.69) is 25.2 Å². The van der Waals surface area contributed by atoms with E-state index in [1.807, 2.05) is 26.0 Å². The third kappa shape index (κ3) is 4.16. The van der Waals surface area contributed by atoms with Gasteiger partial charge in [-0.05, 0) is 36.0 Å². The molecule has 0 amide bonds. The summed E-state index contributed by atoms with van der Waals surface area (Å²) in [6.07, 6.45) is 0. The second-order valence-electron chi connectivity index (χ2n) is 6.14. The van der Waals surface area contributed by atoms with Crippen molar-refractivity contribution in [3.63, 3.8) is 0 Å². The fourth-order valence-corrected chi connectivity index (χ4v) is 2.65. The van der Waals surface area contributed by atoms with Gasteiger partial charge in [-0.2, -0.15) is 12.8 Å². The molecule has 0 heterocycles. The van der Waals surface area contributed by atoms with Crippen LogP contribution in [0.4, 0.5) is 0 Å². The normalized spacial score (nSPS) is 13.9. The van der Waals surface area contributed by atoms with Gasteiger partial charge in [-0.3, -0.25) is 0 Å². The van der Waals surface area contributed by atoms with Gasteiger partial charge in [0.25, 0.3) is 10.0 Å². The van der Waals surface area contributed by atoms with E-state index in [4.69, 9.17) is 0 Å². The Kier molecular flexibility index (Phi) is 4.56. The van der Waals surface area contributed by atoms with Gasteiger partial charge in [0.2, 0.25) is 0 Å². The minimum absolute atomic E-state index is 0.0133. The summed E-state index contributed by atoms with van der Waals surface area (Å²) < 4.78 is 28.1. The first-order valence-electron chi connectivity index (χ1n) is 6.46. The number of hydrogen-bond acceptors (Lipinski definition) is 2. The van der Waals surface area contributed by atoms with Crippen LogP contribution in [0.3, 0.4) is 0 Å². The van der Waals surface area contributed by atoms with Crippen molar-refractivity contribution in [2.24, 2.45) is 10.3 Å². The summed E-state index contributed by atoms with van der Waals surface area (Å²) in [5, 5.41) is 0. The van der Waals surface area contributed by atoms with Gasteiger partial charge in [-0.25, -0.2) is 0 Å². The van der Waals surface area contributed by atoms with Crippen molar-refractivity contribution >= 4 is 15.7 Å². The van der Waals surface area contributed by atoms with Crippen molar-refractivity contribution in [3.05, 3.63) is 29.8 Å². The predicted octanol–water partition coefficient (Wildman–Crippen LogP) is 3.79. The Hall–Kier alpha value is -1.16. The van der Waals surface area contributed by atoms with Crippen molar-refractivity contribution in [1.82, 2.24) is 0 Å². The third-order valence-electron chi connectivity index (χ3n) is 3.12. The van der Waals surface area contributed by atoms with E-state index in [0.717, 1.165) is 5.56 Å². The molecule has 19 heavy (non-hydrogen) atoms. The number of rotatable bonds is 3. The Balaban J connectivity index is 3.15. The van der Waals surface area contributed by atoms with E-state index in [-0.39, 0.29) is 16.2 Å². The molecule has 1 rings (SSSR count). The van der Waals surface area contributed by atoms with E-state index in [1.54, 1.807) is 19.1 Å². The van der Waals surface area contributed by atoms with Crippen LogP contribution >= 0.6 is 0 Å². The maximum absolute atomic E-state index is 12.1. The highest BCUT2D eigenvalue weighted by Crippen LogP contribution is 2.24. The molecule has 3 nitrogen and oxygen atoms in total. The van der Waals surface area contributed by atoms with Gasteiger partial charge in [-0.15, -0.1) is 0 Å². The van der Waals surface area contributed by atoms with Crippen LogP contribution in [-0.4, -0.2) is 14.1 Å². The van der Waals surface area contributed by atoms with Gasteiger partial charge in [0.15, 0.2) is 0 Å². The summed E-state index contributed by atoms with van der Waals surface area (Å²) in [5.74, 6) is 0.128. The molecule has 0 aromatic heterocycles. The quantitative estimate of drug-likeness (QED) is 0.791. The molecule has 0 atom stereocenters. The molecule has 0 aliphatic rings. The van der Waals surface area contributed by atoms with Gasteiger partial charge >= 0.3 is 0 Å². The number of benzene rings is 1. The average molecular weight is 281 g/mol. The summed E-state index contributed by atoms with van der Waals surface area (Å²) in [6.45, 7) is 11.9. The van der Waals surface area contributed by atoms with Crippen molar-refractivity contribution < 1.29 is 8.42 Å². The maximum atomic E-state index is 12.1. The van der Waals surface area contributed by atoms with Crippen molar-refractivity contribution in [1.29, 1.82) is 0 Å². The summed E-state index contributed by atoms with van der Waals surface area (Å²) in [7, 11) is -3.58. The summed E-state index contributed by atoms with van der Waals surface area (Å²) >= 11 is 0. The molecule has 0 aliphatic heterocycles. The summed E-state index contributed by atoms with van der Waals surface area (Å²) in [6, 6.07) is 6.97. The molecule has 0 unspecified atom stereocenters. The Bertz CT molecular complexity index is 561. The predicted molar refractivity (Wildman–Crippen MR) is 80.3 cm³/mol. The highest BCUT2D eigenvalue weighted by atomic mass is 32.2. The molecule has 0 spiro atoms.